The third-order valence-electron chi connectivity index (χ3n) is 6.84. The molecule has 0 unspecified atom stereocenters. The lowest BCUT2D eigenvalue weighted by atomic mass is 9.68. The Labute approximate surface area is 157 Å². The third-order valence-corrected chi connectivity index (χ3v) is 6.84. The van der Waals surface area contributed by atoms with Crippen molar-refractivity contribution in [2.45, 2.75) is 84.0 Å². The van der Waals surface area contributed by atoms with Crippen LogP contribution in [0.15, 0.2) is 12.1 Å². The van der Waals surface area contributed by atoms with Crippen molar-refractivity contribution >= 4 is 0 Å². The normalized spacial score (nSPS) is 29.5. The molecule has 0 amide bonds. The van der Waals surface area contributed by atoms with Crippen LogP contribution in [0.25, 0.3) is 0 Å². The van der Waals surface area contributed by atoms with Crippen molar-refractivity contribution in [1.82, 2.24) is 0 Å². The fourth-order valence-electron chi connectivity index (χ4n) is 5.39. The van der Waals surface area contributed by atoms with Gasteiger partial charge >= 0.3 is 0 Å². The summed E-state index contributed by atoms with van der Waals surface area (Å²) in [4.78, 5) is 0. The first kappa shape index (κ1) is 19.6. The average molecular weight is 365 g/mol. The van der Waals surface area contributed by atoms with Crippen molar-refractivity contribution < 1.29 is 13.5 Å². The smallest absolute Gasteiger partial charge is 0.200 e. The topological polar surface area (TPSA) is 9.23 Å². The average Bonchev–Trinajstić information content (AvgIpc) is 2.67. The maximum absolute atomic E-state index is 14.5. The van der Waals surface area contributed by atoms with Gasteiger partial charge in [-0.3, -0.25) is 0 Å². The first-order chi connectivity index (χ1) is 12.6. The Morgan fingerprint density at radius 1 is 0.846 bits per heavy atom. The van der Waals surface area contributed by atoms with E-state index in [4.69, 9.17) is 4.74 Å². The molecular weight excluding hydrogens is 330 g/mol. The van der Waals surface area contributed by atoms with Crippen LogP contribution in [0.4, 0.5) is 8.78 Å². The highest BCUT2D eigenvalue weighted by Crippen LogP contribution is 2.45. The van der Waals surface area contributed by atoms with E-state index in [-0.39, 0.29) is 11.7 Å². The quantitative estimate of drug-likeness (QED) is 0.517. The van der Waals surface area contributed by atoms with Gasteiger partial charge in [0.2, 0.25) is 5.82 Å². The van der Waals surface area contributed by atoms with Gasteiger partial charge < -0.3 is 4.74 Å². The summed E-state index contributed by atoms with van der Waals surface area (Å²) in [5.41, 5.74) is 0.552. The summed E-state index contributed by atoms with van der Waals surface area (Å²) in [5, 5.41) is 0. The minimum absolute atomic E-state index is 0.0336. The van der Waals surface area contributed by atoms with Gasteiger partial charge in [-0.15, -0.1) is 0 Å². The number of halogens is 2. The summed E-state index contributed by atoms with van der Waals surface area (Å²) in [6.45, 7) is 4.42. The van der Waals surface area contributed by atoms with Crippen LogP contribution in [0.3, 0.4) is 0 Å². The van der Waals surface area contributed by atoms with Gasteiger partial charge in [-0.1, -0.05) is 38.7 Å². The first-order valence-corrected chi connectivity index (χ1v) is 10.7. The number of benzene rings is 1. The second kappa shape index (κ2) is 9.19. The van der Waals surface area contributed by atoms with Crippen LogP contribution in [0.1, 0.15) is 89.5 Å². The fraction of sp³-hybridized carbons (Fsp3) is 0.739. The van der Waals surface area contributed by atoms with Gasteiger partial charge in [0.1, 0.15) is 0 Å². The largest absolute Gasteiger partial charge is 0.491 e. The molecule has 3 heteroatoms. The van der Waals surface area contributed by atoms with E-state index in [9.17, 15) is 8.78 Å². The SMILES string of the molecule is CCC[C@H]1CC[C@H]([C@H]2CC[C@H](c3ccc(OCC)c(F)c3F)CC2)CC1. The predicted octanol–water partition coefficient (Wildman–Crippen LogP) is 7.24. The Balaban J connectivity index is 1.55. The molecule has 0 saturated heterocycles. The van der Waals surface area contributed by atoms with Gasteiger partial charge in [0.15, 0.2) is 11.6 Å². The van der Waals surface area contributed by atoms with Crippen molar-refractivity contribution in [2.75, 3.05) is 6.61 Å². The van der Waals surface area contributed by atoms with E-state index >= 15 is 0 Å². The minimum Gasteiger partial charge on any atom is -0.491 e. The highest BCUT2D eigenvalue weighted by molar-refractivity contribution is 5.33. The number of ether oxygens (including phenoxy) is 1. The maximum atomic E-state index is 14.5. The lowest BCUT2D eigenvalue weighted by Crippen LogP contribution is -2.25. The zero-order chi connectivity index (χ0) is 18.5. The van der Waals surface area contributed by atoms with E-state index < -0.39 is 11.6 Å². The molecule has 0 atom stereocenters. The molecule has 1 aromatic rings. The molecule has 0 heterocycles. The third kappa shape index (κ3) is 4.40. The van der Waals surface area contributed by atoms with E-state index in [1.54, 1.807) is 19.1 Å². The number of rotatable bonds is 6. The molecule has 0 spiro atoms. The molecule has 0 aliphatic heterocycles. The van der Waals surface area contributed by atoms with Crippen LogP contribution in [0, 0.1) is 29.4 Å². The fourth-order valence-corrected chi connectivity index (χ4v) is 5.39. The van der Waals surface area contributed by atoms with E-state index in [1.807, 2.05) is 0 Å². The van der Waals surface area contributed by atoms with Crippen molar-refractivity contribution in [3.8, 4) is 5.75 Å². The Hall–Kier alpha value is -1.12. The first-order valence-electron chi connectivity index (χ1n) is 10.7. The molecule has 0 bridgehead atoms. The van der Waals surface area contributed by atoms with E-state index in [0.29, 0.717) is 12.2 Å². The van der Waals surface area contributed by atoms with Gasteiger partial charge in [0, 0.05) is 0 Å². The Bertz CT molecular complexity index is 570. The van der Waals surface area contributed by atoms with E-state index in [2.05, 4.69) is 6.92 Å². The summed E-state index contributed by atoms with van der Waals surface area (Å²) in [6.07, 6.45) is 12.6. The van der Waals surface area contributed by atoms with Crippen LogP contribution < -0.4 is 4.74 Å². The molecule has 146 valence electrons. The Kier molecular flexibility index (Phi) is 6.94. The second-order valence-corrected chi connectivity index (χ2v) is 8.40. The van der Waals surface area contributed by atoms with Gasteiger partial charge in [0.05, 0.1) is 6.61 Å². The minimum atomic E-state index is -0.819. The Morgan fingerprint density at radius 2 is 1.46 bits per heavy atom. The maximum Gasteiger partial charge on any atom is 0.200 e. The van der Waals surface area contributed by atoms with Crippen molar-refractivity contribution in [1.29, 1.82) is 0 Å². The molecule has 2 aliphatic carbocycles. The van der Waals surface area contributed by atoms with E-state index in [1.165, 1.54) is 51.4 Å². The van der Waals surface area contributed by atoms with Gasteiger partial charge in [-0.05, 0) is 80.8 Å². The summed E-state index contributed by atoms with van der Waals surface area (Å²) >= 11 is 0. The van der Waals surface area contributed by atoms with Crippen LogP contribution in [0.2, 0.25) is 0 Å². The zero-order valence-electron chi connectivity index (χ0n) is 16.4. The van der Waals surface area contributed by atoms with E-state index in [0.717, 1.165) is 30.6 Å². The molecule has 2 aliphatic rings. The monoisotopic (exact) mass is 364 g/mol. The highest BCUT2D eigenvalue weighted by atomic mass is 19.2. The van der Waals surface area contributed by atoms with Gasteiger partial charge in [0.25, 0.3) is 0 Å². The molecule has 26 heavy (non-hydrogen) atoms. The van der Waals surface area contributed by atoms with Crippen LogP contribution in [0.5, 0.6) is 5.75 Å². The van der Waals surface area contributed by atoms with Gasteiger partial charge in [-0.25, -0.2) is 4.39 Å². The second-order valence-electron chi connectivity index (χ2n) is 8.40. The predicted molar refractivity (Wildman–Crippen MR) is 103 cm³/mol. The summed E-state index contributed by atoms with van der Waals surface area (Å²) < 4.78 is 33.8. The number of hydrogen-bond acceptors (Lipinski definition) is 1. The van der Waals surface area contributed by atoms with Crippen molar-refractivity contribution in [3.63, 3.8) is 0 Å². The highest BCUT2D eigenvalue weighted by Gasteiger charge is 2.32. The molecule has 0 N–H and O–H groups in total. The molecule has 2 saturated carbocycles. The molecule has 3 rings (SSSR count). The zero-order valence-corrected chi connectivity index (χ0v) is 16.4. The summed E-state index contributed by atoms with van der Waals surface area (Å²) in [7, 11) is 0. The van der Waals surface area contributed by atoms with Crippen molar-refractivity contribution in [3.05, 3.63) is 29.3 Å². The Morgan fingerprint density at radius 3 is 2.04 bits per heavy atom. The summed E-state index contributed by atoms with van der Waals surface area (Å²) in [5.74, 6) is 1.29. The lowest BCUT2D eigenvalue weighted by molar-refractivity contribution is 0.155. The molecule has 0 aromatic heterocycles. The molecular formula is C23H34F2O. The molecule has 2 fully saturated rings. The van der Waals surface area contributed by atoms with Crippen molar-refractivity contribution in [2.24, 2.45) is 17.8 Å². The number of hydrogen-bond donors (Lipinski definition) is 0. The molecule has 1 aromatic carbocycles. The lowest BCUT2D eigenvalue weighted by Gasteiger charge is -2.38. The standard InChI is InChI=1S/C23H34F2O/c1-3-5-16-6-8-17(9-7-16)18-10-12-19(13-11-18)20-14-15-21(26-4-2)23(25)22(20)24/h14-19H,3-13H2,1-2H3/t16-,17-,18-,19-. The van der Waals surface area contributed by atoms with Crippen LogP contribution >= 0.6 is 0 Å². The molecule has 0 radical (unpaired) electrons. The van der Waals surface area contributed by atoms with Crippen LogP contribution in [-0.2, 0) is 0 Å². The summed E-state index contributed by atoms with van der Waals surface area (Å²) in [6, 6.07) is 3.34. The van der Waals surface area contributed by atoms with Crippen LogP contribution in [-0.4, -0.2) is 6.61 Å². The molecule has 1 nitrogen and oxygen atoms in total. The van der Waals surface area contributed by atoms with Gasteiger partial charge in [-0.2, -0.15) is 4.39 Å².